The quantitative estimate of drug-likeness (QED) is 0.856. The number of halogens is 4. The third-order valence-electron chi connectivity index (χ3n) is 2.19. The Morgan fingerprint density at radius 3 is 2.42 bits per heavy atom. The van der Waals surface area contributed by atoms with Crippen LogP contribution in [-0.4, -0.2) is 15.9 Å². The van der Waals surface area contributed by atoms with Crippen molar-refractivity contribution < 1.29 is 9.18 Å². The molecule has 0 spiro atoms. The monoisotopic (exact) mass is 319 g/mol. The van der Waals surface area contributed by atoms with Crippen LogP contribution in [0, 0.1) is 5.82 Å². The minimum Gasteiger partial charge on any atom is -0.317 e. The maximum atomic E-state index is 13.7. The normalized spacial score (nSPS) is 10.3. The fraction of sp³-hybridized carbons (Fsp3) is 0. The van der Waals surface area contributed by atoms with Crippen molar-refractivity contribution in [3.8, 4) is 0 Å². The first-order valence-corrected chi connectivity index (χ1v) is 6.05. The first kappa shape index (κ1) is 14.0. The summed E-state index contributed by atoms with van der Waals surface area (Å²) in [5, 5.41) is 2.09. The summed E-state index contributed by atoms with van der Waals surface area (Å²) in [6, 6.07) is 4.06. The van der Waals surface area contributed by atoms with E-state index in [0.717, 1.165) is 6.33 Å². The summed E-state index contributed by atoms with van der Waals surface area (Å²) < 4.78 is 13.7. The topological polar surface area (TPSA) is 54.9 Å². The SMILES string of the molecule is O=C(Nc1c(Cl)ncnc1Cl)c1cccc(Cl)c1F. The molecule has 2 aromatic rings. The molecule has 0 aliphatic rings. The van der Waals surface area contributed by atoms with E-state index in [-0.39, 0.29) is 26.6 Å². The number of anilines is 1. The molecule has 0 radical (unpaired) electrons. The van der Waals surface area contributed by atoms with Gasteiger partial charge in [-0.25, -0.2) is 14.4 Å². The van der Waals surface area contributed by atoms with Gasteiger partial charge in [0, 0.05) is 0 Å². The van der Waals surface area contributed by atoms with E-state index in [4.69, 9.17) is 34.8 Å². The van der Waals surface area contributed by atoms with Crippen molar-refractivity contribution in [3.05, 3.63) is 51.2 Å². The van der Waals surface area contributed by atoms with Crippen molar-refractivity contribution in [2.24, 2.45) is 0 Å². The lowest BCUT2D eigenvalue weighted by atomic mass is 10.2. The number of carbonyl (C=O) groups excluding carboxylic acids is 1. The Balaban J connectivity index is 2.34. The summed E-state index contributed by atoms with van der Waals surface area (Å²) in [7, 11) is 0. The van der Waals surface area contributed by atoms with Crippen LogP contribution in [0.5, 0.6) is 0 Å². The van der Waals surface area contributed by atoms with Gasteiger partial charge in [0.15, 0.2) is 16.1 Å². The minimum absolute atomic E-state index is 0.00945. The van der Waals surface area contributed by atoms with Crippen molar-refractivity contribution in [1.29, 1.82) is 0 Å². The van der Waals surface area contributed by atoms with Crippen LogP contribution in [-0.2, 0) is 0 Å². The summed E-state index contributed by atoms with van der Waals surface area (Å²) in [5.74, 6) is -1.58. The van der Waals surface area contributed by atoms with Gasteiger partial charge >= 0.3 is 0 Å². The smallest absolute Gasteiger partial charge is 0.258 e. The van der Waals surface area contributed by atoms with Gasteiger partial charge in [-0.3, -0.25) is 4.79 Å². The van der Waals surface area contributed by atoms with E-state index >= 15 is 0 Å². The molecular weight excluding hydrogens is 315 g/mol. The average molecular weight is 321 g/mol. The van der Waals surface area contributed by atoms with E-state index in [9.17, 15) is 9.18 Å². The van der Waals surface area contributed by atoms with Crippen molar-refractivity contribution in [2.45, 2.75) is 0 Å². The lowest BCUT2D eigenvalue weighted by Gasteiger charge is -2.08. The lowest BCUT2D eigenvalue weighted by Crippen LogP contribution is -2.15. The van der Waals surface area contributed by atoms with Crippen LogP contribution in [0.1, 0.15) is 10.4 Å². The van der Waals surface area contributed by atoms with Gasteiger partial charge in [0.2, 0.25) is 0 Å². The van der Waals surface area contributed by atoms with Gasteiger partial charge < -0.3 is 5.32 Å². The number of benzene rings is 1. The van der Waals surface area contributed by atoms with Crippen LogP contribution in [0.25, 0.3) is 0 Å². The summed E-state index contributed by atoms with van der Waals surface area (Å²) in [6.45, 7) is 0. The molecule has 0 saturated carbocycles. The summed E-state index contributed by atoms with van der Waals surface area (Å²) in [5.41, 5.74) is -0.223. The van der Waals surface area contributed by atoms with Gasteiger partial charge in [-0.2, -0.15) is 0 Å². The molecule has 19 heavy (non-hydrogen) atoms. The second-order valence-corrected chi connectivity index (χ2v) is 4.51. The maximum Gasteiger partial charge on any atom is 0.258 e. The first-order chi connectivity index (χ1) is 9.00. The van der Waals surface area contributed by atoms with Crippen LogP contribution >= 0.6 is 34.8 Å². The van der Waals surface area contributed by atoms with E-state index < -0.39 is 11.7 Å². The molecule has 98 valence electrons. The standard InChI is InChI=1S/C11H5Cl3FN3O/c12-6-3-1-2-5(7(6)15)11(19)18-8-9(13)16-4-17-10(8)14/h1-4H,(H,18,19). The number of nitrogens with one attached hydrogen (secondary N) is 1. The molecule has 0 aliphatic heterocycles. The number of amides is 1. The Morgan fingerprint density at radius 2 is 1.79 bits per heavy atom. The molecule has 0 fully saturated rings. The molecule has 0 aliphatic carbocycles. The average Bonchev–Trinajstić information content (AvgIpc) is 2.37. The van der Waals surface area contributed by atoms with Gasteiger partial charge in [0.05, 0.1) is 10.6 Å². The summed E-state index contributed by atoms with van der Waals surface area (Å²) in [4.78, 5) is 19.2. The van der Waals surface area contributed by atoms with Crippen LogP contribution in [0.15, 0.2) is 24.5 Å². The highest BCUT2D eigenvalue weighted by Crippen LogP contribution is 2.27. The zero-order valence-electron chi connectivity index (χ0n) is 9.12. The molecule has 0 atom stereocenters. The molecule has 0 saturated heterocycles. The van der Waals surface area contributed by atoms with Crippen molar-refractivity contribution in [1.82, 2.24) is 9.97 Å². The number of hydrogen-bond acceptors (Lipinski definition) is 3. The summed E-state index contributed by atoms with van der Waals surface area (Å²) >= 11 is 17.1. The lowest BCUT2D eigenvalue weighted by molar-refractivity contribution is 0.102. The van der Waals surface area contributed by atoms with Crippen molar-refractivity contribution >= 4 is 46.4 Å². The molecule has 1 amide bonds. The largest absolute Gasteiger partial charge is 0.317 e. The van der Waals surface area contributed by atoms with Crippen LogP contribution in [0.2, 0.25) is 15.3 Å². The van der Waals surface area contributed by atoms with E-state index in [2.05, 4.69) is 15.3 Å². The Bertz CT molecular complexity index is 631. The van der Waals surface area contributed by atoms with E-state index in [1.807, 2.05) is 0 Å². The van der Waals surface area contributed by atoms with Crippen molar-refractivity contribution in [2.75, 3.05) is 5.32 Å². The van der Waals surface area contributed by atoms with Crippen LogP contribution in [0.3, 0.4) is 0 Å². The number of carbonyl (C=O) groups is 1. The zero-order chi connectivity index (χ0) is 14.0. The van der Waals surface area contributed by atoms with E-state index in [0.29, 0.717) is 0 Å². The molecule has 1 N–H and O–H groups in total. The van der Waals surface area contributed by atoms with E-state index in [1.54, 1.807) is 0 Å². The van der Waals surface area contributed by atoms with Gasteiger partial charge in [0.25, 0.3) is 5.91 Å². The van der Waals surface area contributed by atoms with Gasteiger partial charge in [0.1, 0.15) is 12.0 Å². The molecule has 1 aromatic carbocycles. The Hall–Kier alpha value is -1.43. The Morgan fingerprint density at radius 1 is 1.16 bits per heavy atom. The fourth-order valence-corrected chi connectivity index (χ4v) is 1.89. The van der Waals surface area contributed by atoms with Gasteiger partial charge in [-0.15, -0.1) is 0 Å². The number of rotatable bonds is 2. The zero-order valence-corrected chi connectivity index (χ0v) is 11.4. The summed E-state index contributed by atoms with van der Waals surface area (Å²) in [6.07, 6.45) is 1.14. The Labute approximate surface area is 122 Å². The predicted molar refractivity (Wildman–Crippen MR) is 71.4 cm³/mol. The van der Waals surface area contributed by atoms with Gasteiger partial charge in [-0.05, 0) is 12.1 Å². The highest BCUT2D eigenvalue weighted by Gasteiger charge is 2.17. The molecule has 0 bridgehead atoms. The highest BCUT2D eigenvalue weighted by molar-refractivity contribution is 6.38. The van der Waals surface area contributed by atoms with Crippen molar-refractivity contribution in [3.63, 3.8) is 0 Å². The third-order valence-corrected chi connectivity index (χ3v) is 3.05. The number of nitrogens with zero attached hydrogens (tertiary/aromatic N) is 2. The van der Waals surface area contributed by atoms with Crippen LogP contribution < -0.4 is 5.32 Å². The molecular formula is C11H5Cl3FN3O. The predicted octanol–water partition coefficient (Wildman–Crippen LogP) is 3.83. The second kappa shape index (κ2) is 5.69. The van der Waals surface area contributed by atoms with Gasteiger partial charge in [-0.1, -0.05) is 40.9 Å². The van der Waals surface area contributed by atoms with E-state index in [1.165, 1.54) is 18.2 Å². The fourth-order valence-electron chi connectivity index (χ4n) is 1.31. The molecule has 1 heterocycles. The number of aromatic nitrogens is 2. The maximum absolute atomic E-state index is 13.7. The van der Waals surface area contributed by atoms with Crippen LogP contribution in [0.4, 0.5) is 10.1 Å². The Kier molecular flexibility index (Phi) is 4.19. The molecule has 4 nitrogen and oxygen atoms in total. The molecule has 1 aromatic heterocycles. The minimum atomic E-state index is -0.828. The molecule has 2 rings (SSSR count). The molecule has 8 heteroatoms. The second-order valence-electron chi connectivity index (χ2n) is 3.39. The molecule has 0 unspecified atom stereocenters. The highest BCUT2D eigenvalue weighted by atomic mass is 35.5. The third kappa shape index (κ3) is 2.94. The number of hydrogen-bond donors (Lipinski definition) is 1. The first-order valence-electron chi connectivity index (χ1n) is 4.92.